The van der Waals surface area contributed by atoms with E-state index in [1.807, 2.05) is 19.1 Å². The fourth-order valence-electron chi connectivity index (χ4n) is 2.19. The van der Waals surface area contributed by atoms with E-state index in [4.69, 9.17) is 21.1 Å². The largest absolute Gasteiger partial charge is 0.496 e. The average molecular weight is 363 g/mol. The van der Waals surface area contributed by atoms with E-state index in [0.29, 0.717) is 36.6 Å². The molecule has 0 aliphatic heterocycles. The molecule has 7 heteroatoms. The maximum atomic E-state index is 5.99. The number of halogens is 1. The van der Waals surface area contributed by atoms with Gasteiger partial charge in [-0.3, -0.25) is 4.99 Å². The van der Waals surface area contributed by atoms with Gasteiger partial charge in [0.15, 0.2) is 5.96 Å². The van der Waals surface area contributed by atoms with Crippen molar-refractivity contribution in [3.8, 4) is 11.6 Å². The summed E-state index contributed by atoms with van der Waals surface area (Å²) < 4.78 is 10.9. The number of hydrogen-bond acceptors (Lipinski definition) is 4. The molecule has 134 valence electrons. The number of guanidine groups is 1. The Balaban J connectivity index is 1.78. The SMILES string of the molecule is CN=C(NCCOc1ncccc1Cl)NCc1ccc(C)cc1OC. The number of methoxy groups -OCH3 is 1. The fourth-order valence-corrected chi connectivity index (χ4v) is 2.37. The quantitative estimate of drug-likeness (QED) is 0.450. The highest BCUT2D eigenvalue weighted by Crippen LogP contribution is 2.20. The first-order chi connectivity index (χ1) is 12.1. The topological polar surface area (TPSA) is 67.8 Å². The van der Waals surface area contributed by atoms with Gasteiger partial charge in [0.2, 0.25) is 5.88 Å². The minimum absolute atomic E-state index is 0.422. The van der Waals surface area contributed by atoms with Gasteiger partial charge in [-0.1, -0.05) is 23.7 Å². The summed E-state index contributed by atoms with van der Waals surface area (Å²) >= 11 is 5.99. The van der Waals surface area contributed by atoms with Gasteiger partial charge in [-0.2, -0.15) is 0 Å². The summed E-state index contributed by atoms with van der Waals surface area (Å²) in [6.45, 7) is 3.63. The van der Waals surface area contributed by atoms with Crippen LogP contribution in [0.3, 0.4) is 0 Å². The third-order valence-electron chi connectivity index (χ3n) is 3.47. The molecule has 25 heavy (non-hydrogen) atoms. The van der Waals surface area contributed by atoms with Crippen molar-refractivity contribution < 1.29 is 9.47 Å². The Bertz CT molecular complexity index is 722. The molecule has 0 aliphatic rings. The summed E-state index contributed by atoms with van der Waals surface area (Å²) in [5, 5.41) is 6.93. The summed E-state index contributed by atoms with van der Waals surface area (Å²) in [6, 6.07) is 9.61. The van der Waals surface area contributed by atoms with Crippen molar-refractivity contribution in [2.24, 2.45) is 4.99 Å². The molecule has 0 spiro atoms. The monoisotopic (exact) mass is 362 g/mol. The Morgan fingerprint density at radius 1 is 1.28 bits per heavy atom. The normalized spacial score (nSPS) is 11.1. The first-order valence-electron chi connectivity index (χ1n) is 7.95. The average Bonchev–Trinajstić information content (AvgIpc) is 2.63. The lowest BCUT2D eigenvalue weighted by Gasteiger charge is -2.14. The van der Waals surface area contributed by atoms with Gasteiger partial charge >= 0.3 is 0 Å². The molecule has 0 unspecified atom stereocenters. The van der Waals surface area contributed by atoms with Crippen molar-refractivity contribution in [3.05, 3.63) is 52.7 Å². The van der Waals surface area contributed by atoms with Crippen molar-refractivity contribution in [2.75, 3.05) is 27.3 Å². The summed E-state index contributed by atoms with van der Waals surface area (Å²) in [5.41, 5.74) is 2.22. The second-order valence-corrected chi connectivity index (χ2v) is 5.71. The van der Waals surface area contributed by atoms with Crippen LogP contribution in [0.1, 0.15) is 11.1 Å². The Hall–Kier alpha value is -2.47. The van der Waals surface area contributed by atoms with Gasteiger partial charge in [0.05, 0.1) is 13.7 Å². The maximum absolute atomic E-state index is 5.99. The molecule has 2 aromatic rings. The van der Waals surface area contributed by atoms with Crippen molar-refractivity contribution in [1.29, 1.82) is 0 Å². The smallest absolute Gasteiger partial charge is 0.232 e. The number of hydrogen-bond donors (Lipinski definition) is 2. The molecule has 0 fully saturated rings. The van der Waals surface area contributed by atoms with Gasteiger partial charge in [0.25, 0.3) is 0 Å². The first-order valence-corrected chi connectivity index (χ1v) is 8.33. The number of nitrogens with zero attached hydrogens (tertiary/aromatic N) is 2. The van der Waals surface area contributed by atoms with Crippen LogP contribution in [0.4, 0.5) is 0 Å². The number of aryl methyl sites for hydroxylation is 1. The van der Waals surface area contributed by atoms with Crippen LogP contribution in [0.2, 0.25) is 5.02 Å². The predicted octanol–water partition coefficient (Wildman–Crippen LogP) is 2.80. The van der Waals surface area contributed by atoms with Crippen LogP contribution in [0.15, 0.2) is 41.5 Å². The second kappa shape index (κ2) is 9.74. The highest BCUT2D eigenvalue weighted by atomic mass is 35.5. The molecule has 0 radical (unpaired) electrons. The minimum atomic E-state index is 0.422. The zero-order chi connectivity index (χ0) is 18.1. The van der Waals surface area contributed by atoms with Crippen molar-refractivity contribution in [3.63, 3.8) is 0 Å². The van der Waals surface area contributed by atoms with Crippen LogP contribution in [0, 0.1) is 6.92 Å². The molecule has 0 saturated carbocycles. The predicted molar refractivity (Wildman–Crippen MR) is 101 cm³/mol. The molecule has 2 N–H and O–H groups in total. The van der Waals surface area contributed by atoms with Gasteiger partial charge in [0.1, 0.15) is 17.4 Å². The molecule has 0 saturated heterocycles. The molecule has 0 atom stereocenters. The molecular weight excluding hydrogens is 340 g/mol. The number of rotatable bonds is 7. The van der Waals surface area contributed by atoms with Crippen LogP contribution in [-0.2, 0) is 6.54 Å². The third kappa shape index (κ3) is 5.83. The van der Waals surface area contributed by atoms with E-state index in [1.165, 1.54) is 0 Å². The van der Waals surface area contributed by atoms with E-state index in [9.17, 15) is 0 Å². The maximum Gasteiger partial charge on any atom is 0.232 e. The van der Waals surface area contributed by atoms with E-state index in [2.05, 4.69) is 26.7 Å². The molecule has 1 heterocycles. The van der Waals surface area contributed by atoms with Gasteiger partial charge in [-0.25, -0.2) is 4.98 Å². The Morgan fingerprint density at radius 2 is 2.12 bits per heavy atom. The number of ether oxygens (including phenoxy) is 2. The molecule has 1 aromatic carbocycles. The molecule has 0 aliphatic carbocycles. The summed E-state index contributed by atoms with van der Waals surface area (Å²) in [4.78, 5) is 8.27. The Kier molecular flexibility index (Phi) is 7.35. The van der Waals surface area contributed by atoms with E-state index in [-0.39, 0.29) is 0 Å². The lowest BCUT2D eigenvalue weighted by atomic mass is 10.1. The zero-order valence-corrected chi connectivity index (χ0v) is 15.4. The minimum Gasteiger partial charge on any atom is -0.496 e. The van der Waals surface area contributed by atoms with Crippen LogP contribution in [0.5, 0.6) is 11.6 Å². The van der Waals surface area contributed by atoms with E-state index in [0.717, 1.165) is 16.9 Å². The second-order valence-electron chi connectivity index (χ2n) is 5.31. The number of benzene rings is 1. The number of aromatic nitrogens is 1. The Labute approximate surface area is 153 Å². The summed E-state index contributed by atoms with van der Waals surface area (Å²) in [5.74, 6) is 1.97. The van der Waals surface area contributed by atoms with Gasteiger partial charge in [0, 0.05) is 25.4 Å². The van der Waals surface area contributed by atoms with E-state index in [1.54, 1.807) is 32.5 Å². The molecule has 1 aromatic heterocycles. The lowest BCUT2D eigenvalue weighted by molar-refractivity contribution is 0.310. The Morgan fingerprint density at radius 3 is 2.84 bits per heavy atom. The molecule has 0 amide bonds. The van der Waals surface area contributed by atoms with E-state index < -0.39 is 0 Å². The molecule has 6 nitrogen and oxygen atoms in total. The molecule has 2 rings (SSSR count). The highest BCUT2D eigenvalue weighted by molar-refractivity contribution is 6.31. The third-order valence-corrected chi connectivity index (χ3v) is 3.76. The number of pyridine rings is 1. The van der Waals surface area contributed by atoms with Crippen LogP contribution in [-0.4, -0.2) is 38.3 Å². The van der Waals surface area contributed by atoms with Gasteiger partial charge in [-0.05, 0) is 30.7 Å². The van der Waals surface area contributed by atoms with Crippen molar-refractivity contribution >= 4 is 17.6 Å². The zero-order valence-electron chi connectivity index (χ0n) is 14.7. The number of aliphatic imine (C=N–C) groups is 1. The van der Waals surface area contributed by atoms with Gasteiger partial charge < -0.3 is 20.1 Å². The van der Waals surface area contributed by atoms with Crippen LogP contribution < -0.4 is 20.1 Å². The fraction of sp³-hybridized carbons (Fsp3) is 0.333. The first kappa shape index (κ1) is 18.9. The van der Waals surface area contributed by atoms with Crippen molar-refractivity contribution in [2.45, 2.75) is 13.5 Å². The van der Waals surface area contributed by atoms with Crippen LogP contribution >= 0.6 is 11.6 Å². The van der Waals surface area contributed by atoms with Crippen molar-refractivity contribution in [1.82, 2.24) is 15.6 Å². The standard InChI is InChI=1S/C18H23ClN4O2/c1-13-6-7-14(16(11-13)24-3)12-23-18(20-2)22-9-10-25-17-15(19)5-4-8-21-17/h4-8,11H,9-10,12H2,1-3H3,(H2,20,22,23). The summed E-state index contributed by atoms with van der Waals surface area (Å²) in [7, 11) is 3.39. The van der Waals surface area contributed by atoms with E-state index >= 15 is 0 Å². The lowest BCUT2D eigenvalue weighted by Crippen LogP contribution is -2.39. The summed E-state index contributed by atoms with van der Waals surface area (Å²) in [6.07, 6.45) is 1.64. The molecular formula is C18H23ClN4O2. The van der Waals surface area contributed by atoms with Gasteiger partial charge in [-0.15, -0.1) is 0 Å². The highest BCUT2D eigenvalue weighted by Gasteiger charge is 2.05. The molecule has 0 bridgehead atoms. The van der Waals surface area contributed by atoms with Crippen LogP contribution in [0.25, 0.3) is 0 Å². The number of nitrogens with one attached hydrogen (secondary N) is 2.